The van der Waals surface area contributed by atoms with Crippen molar-refractivity contribution in [2.45, 2.75) is 43.5 Å². The highest BCUT2D eigenvalue weighted by Crippen LogP contribution is 2.27. The van der Waals surface area contributed by atoms with E-state index in [2.05, 4.69) is 41.3 Å². The van der Waals surface area contributed by atoms with E-state index in [1.165, 1.54) is 11.8 Å². The molecule has 2 aromatic heterocycles. The zero-order chi connectivity index (χ0) is 19.6. The standard InChI is InChI=1S/C18H23N7OS/c1-11(27-17-21-16(19)22-23-17)15(26)20-14-10-13(18(2,3)4)24-25(14)12-8-6-5-7-9-12/h5-11H,1-4H3,(H,20,26)(H3,19,21,22,23)/t11-/m0/s1. The second kappa shape index (κ2) is 7.43. The van der Waals surface area contributed by atoms with Crippen molar-refractivity contribution in [1.29, 1.82) is 0 Å². The Labute approximate surface area is 161 Å². The van der Waals surface area contributed by atoms with Crippen LogP contribution in [0.2, 0.25) is 0 Å². The Morgan fingerprint density at radius 3 is 2.59 bits per heavy atom. The Morgan fingerprint density at radius 1 is 1.30 bits per heavy atom. The molecule has 0 saturated heterocycles. The lowest BCUT2D eigenvalue weighted by Crippen LogP contribution is -2.24. The number of aromatic nitrogens is 5. The Hall–Kier alpha value is -2.81. The van der Waals surface area contributed by atoms with Gasteiger partial charge < -0.3 is 11.1 Å². The number of anilines is 2. The highest BCUT2D eigenvalue weighted by atomic mass is 32.2. The number of benzene rings is 1. The fourth-order valence-electron chi connectivity index (χ4n) is 2.35. The Bertz CT molecular complexity index is 927. The first kappa shape index (κ1) is 19.0. The van der Waals surface area contributed by atoms with Gasteiger partial charge in [-0.05, 0) is 19.1 Å². The van der Waals surface area contributed by atoms with Crippen molar-refractivity contribution in [2.75, 3.05) is 11.1 Å². The van der Waals surface area contributed by atoms with Gasteiger partial charge in [-0.25, -0.2) is 9.78 Å². The Kier molecular flexibility index (Phi) is 5.22. The molecule has 0 fully saturated rings. The molecular weight excluding hydrogens is 362 g/mol. The summed E-state index contributed by atoms with van der Waals surface area (Å²) >= 11 is 1.23. The number of H-pyrrole nitrogens is 1. The second-order valence-electron chi connectivity index (χ2n) is 7.16. The highest BCUT2D eigenvalue weighted by molar-refractivity contribution is 8.00. The normalized spacial score (nSPS) is 12.7. The number of carbonyl (C=O) groups is 1. The monoisotopic (exact) mass is 385 g/mol. The number of aromatic amines is 1. The first-order valence-corrected chi connectivity index (χ1v) is 9.43. The number of hydrogen-bond acceptors (Lipinski definition) is 6. The summed E-state index contributed by atoms with van der Waals surface area (Å²) in [6.45, 7) is 8.05. The zero-order valence-corrected chi connectivity index (χ0v) is 16.5. The first-order valence-electron chi connectivity index (χ1n) is 8.55. The molecule has 1 aromatic carbocycles. The molecule has 0 saturated carbocycles. The molecule has 0 aliphatic heterocycles. The number of nitrogens with one attached hydrogen (secondary N) is 2. The molecule has 3 aromatic rings. The zero-order valence-electron chi connectivity index (χ0n) is 15.7. The number of amides is 1. The van der Waals surface area contributed by atoms with Gasteiger partial charge in [-0.2, -0.15) is 10.1 Å². The minimum Gasteiger partial charge on any atom is -0.368 e. The molecule has 2 heterocycles. The van der Waals surface area contributed by atoms with Crippen LogP contribution in [0.1, 0.15) is 33.4 Å². The molecule has 4 N–H and O–H groups in total. The summed E-state index contributed by atoms with van der Waals surface area (Å²) in [4.78, 5) is 16.7. The van der Waals surface area contributed by atoms with Crippen LogP contribution < -0.4 is 11.1 Å². The van der Waals surface area contributed by atoms with Crippen LogP contribution in [0.4, 0.5) is 11.8 Å². The molecular formula is C18H23N7OS. The topological polar surface area (TPSA) is 115 Å². The largest absolute Gasteiger partial charge is 0.368 e. The van der Waals surface area contributed by atoms with Gasteiger partial charge in [-0.15, -0.1) is 5.10 Å². The summed E-state index contributed by atoms with van der Waals surface area (Å²) in [7, 11) is 0. The lowest BCUT2D eigenvalue weighted by Gasteiger charge is -2.14. The number of carbonyl (C=O) groups excluding carboxylic acids is 1. The minimum atomic E-state index is -0.405. The molecule has 9 heteroatoms. The number of nitrogens with two attached hydrogens (primary N) is 1. The number of nitrogen functional groups attached to an aromatic ring is 1. The number of nitrogens with zero attached hydrogens (tertiary/aromatic N) is 4. The van der Waals surface area contributed by atoms with Gasteiger partial charge in [0.2, 0.25) is 17.0 Å². The Morgan fingerprint density at radius 2 is 2.00 bits per heavy atom. The van der Waals surface area contributed by atoms with Gasteiger partial charge in [-0.1, -0.05) is 50.7 Å². The van der Waals surface area contributed by atoms with Crippen LogP contribution in [0.3, 0.4) is 0 Å². The van der Waals surface area contributed by atoms with Gasteiger partial charge in [-0.3, -0.25) is 4.79 Å². The lowest BCUT2D eigenvalue weighted by molar-refractivity contribution is -0.115. The van der Waals surface area contributed by atoms with Crippen LogP contribution in [0.15, 0.2) is 41.6 Å². The summed E-state index contributed by atoms with van der Waals surface area (Å²) in [5, 5.41) is 14.2. The van der Waals surface area contributed by atoms with Gasteiger partial charge in [0.25, 0.3) is 0 Å². The van der Waals surface area contributed by atoms with Crippen molar-refractivity contribution in [2.24, 2.45) is 0 Å². The van der Waals surface area contributed by atoms with E-state index in [0.717, 1.165) is 11.4 Å². The number of thioether (sulfide) groups is 1. The fourth-order valence-corrected chi connectivity index (χ4v) is 3.08. The van der Waals surface area contributed by atoms with E-state index in [1.807, 2.05) is 36.4 Å². The second-order valence-corrected chi connectivity index (χ2v) is 8.47. The predicted octanol–water partition coefficient (Wildman–Crippen LogP) is 2.99. The van der Waals surface area contributed by atoms with Crippen molar-refractivity contribution in [1.82, 2.24) is 25.0 Å². The molecule has 0 aliphatic rings. The molecule has 1 atom stereocenters. The minimum absolute atomic E-state index is 0.142. The third kappa shape index (κ3) is 4.48. The smallest absolute Gasteiger partial charge is 0.238 e. The summed E-state index contributed by atoms with van der Waals surface area (Å²) < 4.78 is 1.75. The Balaban J connectivity index is 1.84. The quantitative estimate of drug-likeness (QED) is 0.582. The van der Waals surface area contributed by atoms with Gasteiger partial charge in [0, 0.05) is 11.5 Å². The third-order valence-corrected chi connectivity index (χ3v) is 4.82. The van der Waals surface area contributed by atoms with Crippen LogP contribution in [0.5, 0.6) is 0 Å². The van der Waals surface area contributed by atoms with E-state index >= 15 is 0 Å². The van der Waals surface area contributed by atoms with E-state index in [1.54, 1.807) is 11.6 Å². The molecule has 0 bridgehead atoms. The van der Waals surface area contributed by atoms with Gasteiger partial charge in [0.15, 0.2) is 0 Å². The average molecular weight is 385 g/mol. The molecule has 1 amide bonds. The van der Waals surface area contributed by atoms with Crippen molar-refractivity contribution in [3.05, 3.63) is 42.1 Å². The SMILES string of the molecule is C[C@H](Sc1n[nH]c(N)n1)C(=O)Nc1cc(C(C)(C)C)nn1-c1ccccc1. The molecule has 3 rings (SSSR count). The van der Waals surface area contributed by atoms with E-state index in [9.17, 15) is 4.79 Å². The summed E-state index contributed by atoms with van der Waals surface area (Å²) in [6.07, 6.45) is 0. The summed E-state index contributed by atoms with van der Waals surface area (Å²) in [6, 6.07) is 11.6. The summed E-state index contributed by atoms with van der Waals surface area (Å²) in [5.74, 6) is 0.682. The van der Waals surface area contributed by atoms with Crippen molar-refractivity contribution in [3.8, 4) is 5.69 Å². The van der Waals surface area contributed by atoms with Gasteiger partial charge >= 0.3 is 0 Å². The maximum absolute atomic E-state index is 12.7. The fraction of sp³-hybridized carbons (Fsp3) is 0.333. The molecule has 0 unspecified atom stereocenters. The molecule has 0 radical (unpaired) electrons. The average Bonchev–Trinajstić information content (AvgIpc) is 3.21. The molecule has 8 nitrogen and oxygen atoms in total. The molecule has 0 aliphatic carbocycles. The highest BCUT2D eigenvalue weighted by Gasteiger charge is 2.23. The van der Waals surface area contributed by atoms with Crippen LogP contribution in [-0.2, 0) is 10.2 Å². The van der Waals surface area contributed by atoms with Gasteiger partial charge in [0.1, 0.15) is 5.82 Å². The lowest BCUT2D eigenvalue weighted by atomic mass is 9.92. The number of hydrogen-bond donors (Lipinski definition) is 3. The predicted molar refractivity (Wildman–Crippen MR) is 107 cm³/mol. The molecule has 142 valence electrons. The maximum Gasteiger partial charge on any atom is 0.238 e. The molecule has 0 spiro atoms. The van der Waals surface area contributed by atoms with E-state index in [0.29, 0.717) is 11.0 Å². The van der Waals surface area contributed by atoms with E-state index in [4.69, 9.17) is 10.8 Å². The van der Waals surface area contributed by atoms with Crippen LogP contribution >= 0.6 is 11.8 Å². The molecule has 27 heavy (non-hydrogen) atoms. The number of rotatable bonds is 5. The van der Waals surface area contributed by atoms with Crippen molar-refractivity contribution >= 4 is 29.4 Å². The van der Waals surface area contributed by atoms with Crippen LogP contribution in [0.25, 0.3) is 5.69 Å². The van der Waals surface area contributed by atoms with Crippen LogP contribution in [-0.4, -0.2) is 36.1 Å². The van der Waals surface area contributed by atoms with Crippen molar-refractivity contribution in [3.63, 3.8) is 0 Å². The van der Waals surface area contributed by atoms with Crippen molar-refractivity contribution < 1.29 is 4.79 Å². The maximum atomic E-state index is 12.7. The number of para-hydroxylation sites is 1. The first-order chi connectivity index (χ1) is 12.7. The van der Waals surface area contributed by atoms with E-state index < -0.39 is 5.25 Å². The van der Waals surface area contributed by atoms with Gasteiger partial charge in [0.05, 0.1) is 16.6 Å². The third-order valence-electron chi connectivity index (χ3n) is 3.86. The van der Waals surface area contributed by atoms with Crippen LogP contribution in [0, 0.1) is 0 Å². The van der Waals surface area contributed by atoms with E-state index in [-0.39, 0.29) is 17.3 Å². The summed E-state index contributed by atoms with van der Waals surface area (Å²) in [5.41, 5.74) is 7.16.